The Bertz CT molecular complexity index is 1020. The third kappa shape index (κ3) is 1.69. The molecule has 0 unspecified atom stereocenters. The first kappa shape index (κ1) is 11.9. The van der Waals surface area contributed by atoms with Gasteiger partial charge < -0.3 is 5.73 Å². The molecule has 0 fully saturated rings. The molecule has 0 aliphatic heterocycles. The summed E-state index contributed by atoms with van der Waals surface area (Å²) in [5, 5.41) is 6.76. The minimum absolute atomic E-state index is 0.388. The van der Waals surface area contributed by atoms with Crippen LogP contribution in [0.5, 0.6) is 0 Å². The Kier molecular flexibility index (Phi) is 2.45. The Morgan fingerprint density at radius 2 is 1.24 bits per heavy atom. The van der Waals surface area contributed by atoms with Crippen molar-refractivity contribution in [2.45, 2.75) is 0 Å². The number of rotatable bonds is 1. The lowest BCUT2D eigenvalue weighted by Crippen LogP contribution is -2.11. The largest absolute Gasteiger partial charge is 0.366 e. The van der Waals surface area contributed by atoms with Crippen molar-refractivity contribution in [1.29, 1.82) is 0 Å². The van der Waals surface area contributed by atoms with E-state index in [0.29, 0.717) is 5.56 Å². The first-order chi connectivity index (χ1) is 10.3. The van der Waals surface area contributed by atoms with Crippen LogP contribution in [0.4, 0.5) is 0 Å². The normalized spacial score (nSPS) is 11.2. The average molecular weight is 271 g/mol. The summed E-state index contributed by atoms with van der Waals surface area (Å²) in [6.45, 7) is 0. The number of carbonyl (C=O) groups is 1. The van der Waals surface area contributed by atoms with E-state index in [2.05, 4.69) is 30.3 Å². The van der Waals surface area contributed by atoms with Gasteiger partial charge in [0.25, 0.3) is 0 Å². The Morgan fingerprint density at radius 3 is 2.10 bits per heavy atom. The van der Waals surface area contributed by atoms with Crippen LogP contribution in [0.25, 0.3) is 32.3 Å². The van der Waals surface area contributed by atoms with E-state index >= 15 is 0 Å². The van der Waals surface area contributed by atoms with Gasteiger partial charge >= 0.3 is 0 Å². The Labute approximate surface area is 121 Å². The third-order valence-electron chi connectivity index (χ3n) is 4.05. The second-order valence-corrected chi connectivity index (χ2v) is 5.21. The molecule has 0 radical (unpaired) electrons. The zero-order valence-corrected chi connectivity index (χ0v) is 11.3. The summed E-state index contributed by atoms with van der Waals surface area (Å²) in [4.78, 5) is 11.6. The van der Waals surface area contributed by atoms with E-state index < -0.39 is 0 Å². The summed E-state index contributed by atoms with van der Waals surface area (Å²) in [7, 11) is 0. The lowest BCUT2D eigenvalue weighted by atomic mass is 9.95. The van der Waals surface area contributed by atoms with Gasteiger partial charge in [-0.2, -0.15) is 0 Å². The van der Waals surface area contributed by atoms with Gasteiger partial charge in [0.05, 0.1) is 0 Å². The second kappa shape index (κ2) is 4.32. The summed E-state index contributed by atoms with van der Waals surface area (Å²) in [6, 6.07) is 22.3. The van der Waals surface area contributed by atoms with Gasteiger partial charge in [-0.05, 0) is 38.4 Å². The van der Waals surface area contributed by atoms with Crippen LogP contribution in [-0.2, 0) is 0 Å². The maximum absolute atomic E-state index is 11.6. The number of benzene rings is 4. The molecule has 100 valence electrons. The molecule has 0 aliphatic carbocycles. The molecular weight excluding hydrogens is 258 g/mol. The number of hydrogen-bond acceptors (Lipinski definition) is 1. The molecule has 0 spiro atoms. The van der Waals surface area contributed by atoms with Crippen LogP contribution < -0.4 is 5.73 Å². The minimum Gasteiger partial charge on any atom is -0.366 e. The first-order valence-corrected chi connectivity index (χ1v) is 6.89. The van der Waals surface area contributed by atoms with Crippen molar-refractivity contribution in [3.05, 3.63) is 72.3 Å². The van der Waals surface area contributed by atoms with E-state index in [0.717, 1.165) is 16.2 Å². The van der Waals surface area contributed by atoms with Crippen molar-refractivity contribution in [2.75, 3.05) is 0 Å². The zero-order valence-electron chi connectivity index (χ0n) is 11.3. The van der Waals surface area contributed by atoms with Gasteiger partial charge in [-0.15, -0.1) is 0 Å². The zero-order chi connectivity index (χ0) is 14.4. The molecule has 2 heteroatoms. The Hall–Kier alpha value is -2.87. The highest BCUT2D eigenvalue weighted by molar-refractivity contribution is 6.20. The van der Waals surface area contributed by atoms with E-state index in [1.165, 1.54) is 16.2 Å². The van der Waals surface area contributed by atoms with Gasteiger partial charge in [0.2, 0.25) is 5.91 Å². The van der Waals surface area contributed by atoms with Gasteiger partial charge in [-0.1, -0.05) is 60.7 Å². The SMILES string of the molecule is NC(=O)c1cccc2c1ccc1c3ccccc3ccc21. The van der Waals surface area contributed by atoms with Crippen LogP contribution in [0.3, 0.4) is 0 Å². The van der Waals surface area contributed by atoms with Crippen molar-refractivity contribution < 1.29 is 4.79 Å². The van der Waals surface area contributed by atoms with Crippen LogP contribution in [-0.4, -0.2) is 5.91 Å². The number of hydrogen-bond donors (Lipinski definition) is 1. The molecule has 21 heavy (non-hydrogen) atoms. The molecule has 4 aromatic carbocycles. The van der Waals surface area contributed by atoms with Crippen LogP contribution in [0.1, 0.15) is 10.4 Å². The Morgan fingerprint density at radius 1 is 0.619 bits per heavy atom. The highest BCUT2D eigenvalue weighted by Crippen LogP contribution is 2.32. The van der Waals surface area contributed by atoms with Crippen LogP contribution in [0.15, 0.2) is 66.7 Å². The minimum atomic E-state index is -0.388. The lowest BCUT2D eigenvalue weighted by molar-refractivity contribution is 0.100. The third-order valence-corrected chi connectivity index (χ3v) is 4.05. The molecule has 0 saturated heterocycles. The number of primary amides is 1. The van der Waals surface area contributed by atoms with E-state index in [1.54, 1.807) is 6.07 Å². The van der Waals surface area contributed by atoms with Crippen molar-refractivity contribution >= 4 is 38.2 Å². The maximum Gasteiger partial charge on any atom is 0.249 e. The molecule has 1 amide bonds. The molecule has 0 atom stereocenters. The molecule has 4 aromatic rings. The molecule has 0 aromatic heterocycles. The van der Waals surface area contributed by atoms with Gasteiger partial charge in [0, 0.05) is 5.56 Å². The highest BCUT2D eigenvalue weighted by atomic mass is 16.1. The topological polar surface area (TPSA) is 43.1 Å². The van der Waals surface area contributed by atoms with Crippen molar-refractivity contribution in [1.82, 2.24) is 0 Å². The number of amides is 1. The fourth-order valence-electron chi connectivity index (χ4n) is 3.07. The fourth-order valence-corrected chi connectivity index (χ4v) is 3.07. The lowest BCUT2D eigenvalue weighted by Gasteiger charge is -2.09. The predicted molar refractivity (Wildman–Crippen MR) is 87.5 cm³/mol. The predicted octanol–water partition coefficient (Wildman–Crippen LogP) is 4.25. The maximum atomic E-state index is 11.6. The van der Waals surface area contributed by atoms with Crippen molar-refractivity contribution in [2.24, 2.45) is 5.73 Å². The summed E-state index contributed by atoms with van der Waals surface area (Å²) in [5.41, 5.74) is 6.05. The molecule has 0 bridgehead atoms. The number of carbonyl (C=O) groups excluding carboxylic acids is 1. The number of nitrogens with two attached hydrogens (primary N) is 1. The second-order valence-electron chi connectivity index (χ2n) is 5.21. The standard InChI is InChI=1S/C19H13NO/c20-19(21)18-7-3-6-14-16-9-8-12-4-1-2-5-13(12)15(16)10-11-17(14)18/h1-11H,(H2,20,21). The average Bonchev–Trinajstić information content (AvgIpc) is 2.53. The van der Waals surface area contributed by atoms with Gasteiger partial charge in [-0.25, -0.2) is 0 Å². The smallest absolute Gasteiger partial charge is 0.249 e. The van der Waals surface area contributed by atoms with Crippen LogP contribution >= 0.6 is 0 Å². The van der Waals surface area contributed by atoms with E-state index in [4.69, 9.17) is 5.73 Å². The quantitative estimate of drug-likeness (QED) is 0.517. The fraction of sp³-hybridized carbons (Fsp3) is 0. The summed E-state index contributed by atoms with van der Waals surface area (Å²) in [6.07, 6.45) is 0. The highest BCUT2D eigenvalue weighted by Gasteiger charge is 2.09. The molecule has 2 N–H and O–H groups in total. The summed E-state index contributed by atoms with van der Waals surface area (Å²) in [5.74, 6) is -0.388. The van der Waals surface area contributed by atoms with Crippen molar-refractivity contribution in [3.8, 4) is 0 Å². The molecule has 0 heterocycles. The molecule has 4 rings (SSSR count). The first-order valence-electron chi connectivity index (χ1n) is 6.89. The van der Waals surface area contributed by atoms with E-state index in [1.807, 2.05) is 30.3 Å². The number of fused-ring (bicyclic) bond motifs is 5. The molecule has 0 saturated carbocycles. The van der Waals surface area contributed by atoms with Crippen LogP contribution in [0.2, 0.25) is 0 Å². The van der Waals surface area contributed by atoms with E-state index in [-0.39, 0.29) is 5.91 Å². The Balaban J connectivity index is 2.23. The molecule has 2 nitrogen and oxygen atoms in total. The molecule has 0 aliphatic rings. The van der Waals surface area contributed by atoms with Crippen molar-refractivity contribution in [3.63, 3.8) is 0 Å². The monoisotopic (exact) mass is 271 g/mol. The van der Waals surface area contributed by atoms with Gasteiger partial charge in [0.15, 0.2) is 0 Å². The summed E-state index contributed by atoms with van der Waals surface area (Å²) >= 11 is 0. The van der Waals surface area contributed by atoms with Gasteiger partial charge in [-0.3, -0.25) is 4.79 Å². The molecular formula is C19H13NO. The van der Waals surface area contributed by atoms with Crippen LogP contribution in [0, 0.1) is 0 Å². The summed E-state index contributed by atoms with van der Waals surface area (Å²) < 4.78 is 0. The van der Waals surface area contributed by atoms with Gasteiger partial charge in [0.1, 0.15) is 0 Å². The van der Waals surface area contributed by atoms with E-state index in [9.17, 15) is 4.79 Å².